The van der Waals surface area contributed by atoms with Crippen molar-refractivity contribution in [2.24, 2.45) is 5.92 Å². The van der Waals surface area contributed by atoms with Crippen molar-refractivity contribution in [1.29, 1.82) is 0 Å². The van der Waals surface area contributed by atoms with Gasteiger partial charge in [0.25, 0.3) is 5.91 Å². The zero-order valence-corrected chi connectivity index (χ0v) is 16.2. The molecule has 0 unspecified atom stereocenters. The van der Waals surface area contributed by atoms with Gasteiger partial charge in [-0.15, -0.1) is 0 Å². The van der Waals surface area contributed by atoms with Crippen molar-refractivity contribution in [3.63, 3.8) is 0 Å². The van der Waals surface area contributed by atoms with Crippen LogP contribution in [0.5, 0.6) is 0 Å². The molecule has 0 bridgehead atoms. The molecular weight excluding hydrogens is 350 g/mol. The molecule has 0 atom stereocenters. The van der Waals surface area contributed by atoms with E-state index >= 15 is 0 Å². The maximum absolute atomic E-state index is 12.6. The smallest absolute Gasteiger partial charge is 0.270 e. The molecule has 1 amide bonds. The Morgan fingerprint density at radius 3 is 2.54 bits per heavy atom. The van der Waals surface area contributed by atoms with Crippen molar-refractivity contribution in [2.45, 2.75) is 26.8 Å². The van der Waals surface area contributed by atoms with E-state index in [1.165, 1.54) is 0 Å². The van der Waals surface area contributed by atoms with Crippen LogP contribution in [-0.2, 0) is 6.54 Å². The van der Waals surface area contributed by atoms with Gasteiger partial charge in [0.05, 0.1) is 12.2 Å². The lowest BCUT2D eigenvalue weighted by Gasteiger charge is -2.11. The minimum absolute atomic E-state index is 0.193. The van der Waals surface area contributed by atoms with Gasteiger partial charge in [-0.25, -0.2) is 9.97 Å². The second kappa shape index (κ2) is 9.60. The fourth-order valence-electron chi connectivity index (χ4n) is 2.62. The van der Waals surface area contributed by atoms with Gasteiger partial charge in [0.1, 0.15) is 11.5 Å². The van der Waals surface area contributed by atoms with Crippen LogP contribution in [0.15, 0.2) is 60.8 Å². The monoisotopic (exact) mass is 375 g/mol. The van der Waals surface area contributed by atoms with Gasteiger partial charge in [-0.3, -0.25) is 9.78 Å². The van der Waals surface area contributed by atoms with E-state index in [1.807, 2.05) is 48.5 Å². The lowest BCUT2D eigenvalue weighted by Crippen LogP contribution is -2.26. The van der Waals surface area contributed by atoms with Crippen LogP contribution >= 0.6 is 0 Å². The van der Waals surface area contributed by atoms with Gasteiger partial charge in [0.15, 0.2) is 5.82 Å². The number of pyridine rings is 1. The van der Waals surface area contributed by atoms with Crippen LogP contribution in [0.3, 0.4) is 0 Å². The molecule has 3 rings (SSSR count). The molecule has 6 nitrogen and oxygen atoms in total. The van der Waals surface area contributed by atoms with Crippen LogP contribution in [0, 0.1) is 5.92 Å². The number of nitrogens with one attached hydrogen (secondary N) is 2. The Kier molecular flexibility index (Phi) is 6.68. The van der Waals surface area contributed by atoms with Gasteiger partial charge in [0.2, 0.25) is 0 Å². The Balaban J connectivity index is 1.82. The first kappa shape index (κ1) is 19.5. The maximum atomic E-state index is 12.6. The molecule has 2 aromatic heterocycles. The summed E-state index contributed by atoms with van der Waals surface area (Å²) in [6.07, 6.45) is 2.67. The lowest BCUT2D eigenvalue weighted by molar-refractivity contribution is 0.0947. The highest BCUT2D eigenvalue weighted by molar-refractivity contribution is 5.93. The summed E-state index contributed by atoms with van der Waals surface area (Å²) in [5, 5.41) is 6.19. The molecule has 2 N–H and O–H groups in total. The highest BCUT2D eigenvalue weighted by Crippen LogP contribution is 2.18. The number of hydrogen-bond acceptors (Lipinski definition) is 5. The molecular formula is C22H25N5O. The molecule has 1 aromatic carbocycles. The van der Waals surface area contributed by atoms with Gasteiger partial charge in [-0.05, 0) is 24.5 Å². The number of rotatable bonds is 8. The van der Waals surface area contributed by atoms with Crippen molar-refractivity contribution < 1.29 is 4.79 Å². The van der Waals surface area contributed by atoms with E-state index in [-0.39, 0.29) is 5.91 Å². The topological polar surface area (TPSA) is 79.8 Å². The van der Waals surface area contributed by atoms with Gasteiger partial charge < -0.3 is 10.6 Å². The third-order valence-corrected chi connectivity index (χ3v) is 4.17. The molecule has 0 aliphatic heterocycles. The molecule has 6 heteroatoms. The third kappa shape index (κ3) is 5.61. The van der Waals surface area contributed by atoms with Crippen molar-refractivity contribution in [3.8, 4) is 11.4 Å². The number of carbonyl (C=O) groups excluding carboxylic acids is 1. The molecule has 0 fully saturated rings. The average Bonchev–Trinajstić information content (AvgIpc) is 2.73. The first-order chi connectivity index (χ1) is 13.6. The number of hydrogen-bond donors (Lipinski definition) is 2. The van der Waals surface area contributed by atoms with E-state index in [9.17, 15) is 4.79 Å². The largest absolute Gasteiger partial charge is 0.364 e. The molecule has 3 aromatic rings. The molecule has 0 aliphatic carbocycles. The van der Waals surface area contributed by atoms with Crippen LogP contribution < -0.4 is 10.6 Å². The molecule has 2 heterocycles. The van der Waals surface area contributed by atoms with Crippen molar-refractivity contribution in [3.05, 3.63) is 72.2 Å². The zero-order valence-electron chi connectivity index (χ0n) is 16.2. The number of benzene rings is 1. The fraction of sp³-hybridized carbons (Fsp3) is 0.273. The molecule has 0 aliphatic rings. The normalized spacial score (nSPS) is 10.7. The Morgan fingerprint density at radius 2 is 1.82 bits per heavy atom. The van der Waals surface area contributed by atoms with Crippen LogP contribution in [0.4, 0.5) is 5.82 Å². The summed E-state index contributed by atoms with van der Waals surface area (Å²) in [6.45, 7) is 5.40. The Labute approximate surface area is 165 Å². The molecule has 0 saturated carbocycles. The SMILES string of the molecule is CC(C)CCNC(=O)c1cc(NCc2ccccn2)nc(-c2ccccc2)n1. The first-order valence-corrected chi connectivity index (χ1v) is 9.48. The highest BCUT2D eigenvalue weighted by atomic mass is 16.1. The maximum Gasteiger partial charge on any atom is 0.270 e. The van der Waals surface area contributed by atoms with E-state index < -0.39 is 0 Å². The third-order valence-electron chi connectivity index (χ3n) is 4.17. The average molecular weight is 375 g/mol. The van der Waals surface area contributed by atoms with Gasteiger partial charge in [0, 0.05) is 24.4 Å². The van der Waals surface area contributed by atoms with Crippen LogP contribution in [0.1, 0.15) is 36.5 Å². The summed E-state index contributed by atoms with van der Waals surface area (Å²) >= 11 is 0. The van der Waals surface area contributed by atoms with E-state index in [0.29, 0.717) is 36.3 Å². The van der Waals surface area contributed by atoms with Crippen LogP contribution in [-0.4, -0.2) is 27.4 Å². The summed E-state index contributed by atoms with van der Waals surface area (Å²) < 4.78 is 0. The van der Waals surface area contributed by atoms with Crippen molar-refractivity contribution in [2.75, 3.05) is 11.9 Å². The fourth-order valence-corrected chi connectivity index (χ4v) is 2.62. The first-order valence-electron chi connectivity index (χ1n) is 9.48. The summed E-state index contributed by atoms with van der Waals surface area (Å²) in [6, 6.07) is 17.1. The Morgan fingerprint density at radius 1 is 1.04 bits per heavy atom. The summed E-state index contributed by atoms with van der Waals surface area (Å²) in [7, 11) is 0. The number of anilines is 1. The Bertz CT molecular complexity index is 897. The summed E-state index contributed by atoms with van der Waals surface area (Å²) in [4.78, 5) is 26.0. The molecule has 0 radical (unpaired) electrons. The lowest BCUT2D eigenvalue weighted by atomic mass is 10.1. The molecule has 0 spiro atoms. The van der Waals surface area contributed by atoms with Gasteiger partial charge in [-0.2, -0.15) is 0 Å². The second-order valence-electron chi connectivity index (χ2n) is 6.94. The molecule has 28 heavy (non-hydrogen) atoms. The van der Waals surface area contributed by atoms with E-state index in [1.54, 1.807) is 12.3 Å². The quantitative estimate of drug-likeness (QED) is 0.624. The van der Waals surface area contributed by atoms with Gasteiger partial charge >= 0.3 is 0 Å². The molecule has 144 valence electrons. The predicted molar refractivity (Wildman–Crippen MR) is 111 cm³/mol. The summed E-state index contributed by atoms with van der Waals surface area (Å²) in [5.74, 6) is 1.44. The number of nitrogens with zero attached hydrogens (tertiary/aromatic N) is 3. The second-order valence-corrected chi connectivity index (χ2v) is 6.94. The number of amides is 1. The van der Waals surface area contributed by atoms with Crippen molar-refractivity contribution in [1.82, 2.24) is 20.3 Å². The van der Waals surface area contributed by atoms with Crippen molar-refractivity contribution >= 4 is 11.7 Å². The van der Waals surface area contributed by atoms with E-state index in [2.05, 4.69) is 39.4 Å². The highest BCUT2D eigenvalue weighted by Gasteiger charge is 2.13. The standard InChI is InChI=1S/C22H25N5O/c1-16(2)11-13-24-22(28)19-14-20(25-15-18-10-6-7-12-23-18)27-21(26-19)17-8-4-3-5-9-17/h3-10,12,14,16H,11,13,15H2,1-2H3,(H,24,28)(H,25,26,27). The Hall–Kier alpha value is -3.28. The molecule has 0 saturated heterocycles. The van der Waals surface area contributed by atoms with E-state index in [0.717, 1.165) is 17.7 Å². The zero-order chi connectivity index (χ0) is 19.8. The van der Waals surface area contributed by atoms with Gasteiger partial charge in [-0.1, -0.05) is 50.2 Å². The number of carbonyl (C=O) groups is 1. The number of aromatic nitrogens is 3. The predicted octanol–water partition coefficient (Wildman–Crippen LogP) is 3.93. The minimum atomic E-state index is -0.193. The van der Waals surface area contributed by atoms with Crippen LogP contribution in [0.2, 0.25) is 0 Å². The van der Waals surface area contributed by atoms with Crippen LogP contribution in [0.25, 0.3) is 11.4 Å². The van der Waals surface area contributed by atoms with E-state index in [4.69, 9.17) is 0 Å². The minimum Gasteiger partial charge on any atom is -0.364 e. The summed E-state index contributed by atoms with van der Waals surface area (Å²) in [5.41, 5.74) is 2.10.